The third kappa shape index (κ3) is 11.6. The first kappa shape index (κ1) is 44.7. The van der Waals surface area contributed by atoms with Crippen LogP contribution in [0.5, 0.6) is 23.0 Å². The second-order valence-corrected chi connectivity index (χ2v) is 17.8. The molecule has 8 rings (SSSR count). The minimum absolute atomic E-state index is 0.137. The van der Waals surface area contributed by atoms with Gasteiger partial charge in [-0.2, -0.15) is 0 Å². The maximum Gasteiger partial charge on any atom is 0.303 e. The fourth-order valence-electron chi connectivity index (χ4n) is 6.53. The van der Waals surface area contributed by atoms with Crippen LogP contribution >= 0.6 is 63.7 Å². The Morgan fingerprint density at radius 2 is 0.968 bits per heavy atom. The second kappa shape index (κ2) is 20.2. The lowest BCUT2D eigenvalue weighted by atomic mass is 10.1. The van der Waals surface area contributed by atoms with Gasteiger partial charge < -0.3 is 29.7 Å². The van der Waals surface area contributed by atoms with Crippen LogP contribution in [0.2, 0.25) is 0 Å². The van der Waals surface area contributed by atoms with E-state index in [9.17, 15) is 14.0 Å². The van der Waals surface area contributed by atoms with Crippen LogP contribution in [0.3, 0.4) is 0 Å². The molecule has 0 saturated carbocycles. The molecule has 0 amide bonds. The topological polar surface area (TPSA) is 150 Å². The van der Waals surface area contributed by atoms with Gasteiger partial charge in [-0.1, -0.05) is 29.8 Å². The van der Waals surface area contributed by atoms with Crippen LogP contribution in [0.25, 0.3) is 44.8 Å². The van der Waals surface area contributed by atoms with Gasteiger partial charge in [-0.05, 0) is 180 Å². The molecule has 0 aliphatic carbocycles. The number of ether oxygens (including phenoxy) is 2. The monoisotopic (exact) mass is 1090 g/mol. The predicted octanol–water partition coefficient (Wildman–Crippen LogP) is 14.4. The Bertz CT molecular complexity index is 2660. The lowest BCUT2D eigenvalue weighted by Gasteiger charge is -2.12. The van der Waals surface area contributed by atoms with E-state index in [2.05, 4.69) is 115 Å². The van der Waals surface area contributed by atoms with Crippen molar-refractivity contribution in [3.8, 4) is 45.8 Å². The number of nitrogens with one attached hydrogen (secondary N) is 2. The first-order valence-corrected chi connectivity index (χ1v) is 22.5. The van der Waals surface area contributed by atoms with Crippen molar-refractivity contribution in [2.45, 2.75) is 45.4 Å². The highest BCUT2D eigenvalue weighted by Gasteiger charge is 2.15. The van der Waals surface area contributed by atoms with Gasteiger partial charge in [-0.15, -0.1) is 0 Å². The first-order chi connectivity index (χ1) is 29.8. The van der Waals surface area contributed by atoms with Crippen LogP contribution in [0.15, 0.2) is 127 Å². The molecule has 0 radical (unpaired) electrons. The number of fused-ring (bicyclic) bond motifs is 2. The van der Waals surface area contributed by atoms with Crippen molar-refractivity contribution in [1.29, 1.82) is 0 Å². The van der Waals surface area contributed by atoms with E-state index < -0.39 is 11.9 Å². The fourth-order valence-corrected chi connectivity index (χ4v) is 9.41. The number of rotatable bonds is 14. The van der Waals surface area contributed by atoms with Crippen LogP contribution in [0, 0.1) is 12.7 Å². The fraction of sp³-hybridized carbons (Fsp3) is 0.149. The summed E-state index contributed by atoms with van der Waals surface area (Å²) in [5, 5.41) is 17.6. The highest BCUT2D eigenvalue weighted by atomic mass is 79.9. The number of aromatic nitrogens is 4. The molecule has 62 heavy (non-hydrogen) atoms. The van der Waals surface area contributed by atoms with Gasteiger partial charge in [-0.3, -0.25) is 9.59 Å². The van der Waals surface area contributed by atoms with E-state index in [1.807, 2.05) is 60.7 Å². The van der Waals surface area contributed by atoms with Crippen molar-refractivity contribution in [2.75, 3.05) is 0 Å². The highest BCUT2D eigenvalue weighted by molar-refractivity contribution is 9.11. The zero-order chi connectivity index (χ0) is 43.9. The molecule has 6 aromatic carbocycles. The minimum atomic E-state index is -0.796. The molecule has 0 fully saturated rings. The Labute approximate surface area is 389 Å². The number of nitrogens with zero attached hydrogens (tertiary/aromatic N) is 2. The van der Waals surface area contributed by atoms with E-state index in [1.165, 1.54) is 17.7 Å². The zero-order valence-corrected chi connectivity index (χ0v) is 39.3. The number of halogens is 5. The summed E-state index contributed by atoms with van der Waals surface area (Å²) >= 11 is 14.2. The van der Waals surface area contributed by atoms with Crippen LogP contribution in [-0.4, -0.2) is 42.1 Å². The molecule has 0 aliphatic rings. The predicted molar refractivity (Wildman–Crippen MR) is 253 cm³/mol. The molecule has 0 bridgehead atoms. The summed E-state index contributed by atoms with van der Waals surface area (Å²) in [7, 11) is 0. The average Bonchev–Trinajstić information content (AvgIpc) is 3.85. The molecule has 0 unspecified atom stereocenters. The number of hydrogen-bond acceptors (Lipinski definition) is 6. The summed E-state index contributed by atoms with van der Waals surface area (Å²) in [6, 6.07) is 33.5. The summed E-state index contributed by atoms with van der Waals surface area (Å²) < 4.78 is 28.5. The standard InChI is InChI=1S/C24H20Br2N2O3.C23H17Br2FN2O3/c1-14-5-7-16(8-6-14)24-27-20-10-9-17(13-21(20)28-24)31-23-18(25)11-15(12-19(23)26)3-2-4-22(29)30;24-17-10-13(2-1-3-21(29)30)11-18(25)22(17)31-16-8-9-19-20(12-16)28-23(27-19)14-4-6-15(26)7-5-14/h5-13H,2-4H2,1H3,(H,27,28)(H,29,30);4-12H,1-3H2,(H,27,28)(H,29,30). The number of benzene rings is 6. The van der Waals surface area contributed by atoms with Crippen LogP contribution < -0.4 is 9.47 Å². The lowest BCUT2D eigenvalue weighted by Crippen LogP contribution is -1.96. The van der Waals surface area contributed by atoms with E-state index in [1.54, 1.807) is 12.1 Å². The molecule has 8 aromatic rings. The third-order valence-corrected chi connectivity index (χ3v) is 12.0. The molecular weight excluding hydrogens is 1060 g/mol. The summed E-state index contributed by atoms with van der Waals surface area (Å²) in [6.07, 6.45) is 2.80. The summed E-state index contributed by atoms with van der Waals surface area (Å²) in [4.78, 5) is 37.3. The summed E-state index contributed by atoms with van der Waals surface area (Å²) in [5.74, 6) is 2.21. The molecular formula is C47H37Br4FN4O6. The Balaban J connectivity index is 0.000000186. The van der Waals surface area contributed by atoms with Gasteiger partial charge in [0.1, 0.15) is 29.0 Å². The van der Waals surface area contributed by atoms with E-state index >= 15 is 0 Å². The van der Waals surface area contributed by atoms with Gasteiger partial charge in [-0.25, -0.2) is 14.4 Å². The Hall–Kier alpha value is -5.35. The van der Waals surface area contributed by atoms with E-state index in [4.69, 9.17) is 19.7 Å². The number of aromatic amines is 2. The summed E-state index contributed by atoms with van der Waals surface area (Å²) in [6.45, 7) is 2.06. The molecule has 316 valence electrons. The van der Waals surface area contributed by atoms with Crippen molar-refractivity contribution in [3.05, 3.63) is 150 Å². The van der Waals surface area contributed by atoms with Crippen molar-refractivity contribution < 1.29 is 33.7 Å². The van der Waals surface area contributed by atoms with Crippen molar-refractivity contribution in [2.24, 2.45) is 0 Å². The van der Waals surface area contributed by atoms with E-state index in [-0.39, 0.29) is 18.7 Å². The number of aryl methyl sites for hydroxylation is 3. The van der Waals surface area contributed by atoms with Gasteiger partial charge in [0.05, 0.1) is 40.0 Å². The molecule has 0 saturated heterocycles. The molecule has 0 spiro atoms. The number of carbonyl (C=O) groups is 2. The van der Waals surface area contributed by atoms with Gasteiger partial charge >= 0.3 is 11.9 Å². The molecule has 0 aliphatic heterocycles. The molecule has 2 heterocycles. The van der Waals surface area contributed by atoms with Gasteiger partial charge in [0.25, 0.3) is 0 Å². The van der Waals surface area contributed by atoms with Crippen LogP contribution in [0.1, 0.15) is 42.4 Å². The molecule has 0 atom stereocenters. The quantitative estimate of drug-likeness (QED) is 0.0841. The van der Waals surface area contributed by atoms with Gasteiger partial charge in [0, 0.05) is 36.1 Å². The normalized spacial score (nSPS) is 11.1. The number of imidazole rings is 2. The maximum absolute atomic E-state index is 13.2. The number of aliphatic carboxylic acids is 2. The molecule has 15 heteroatoms. The maximum atomic E-state index is 13.2. The van der Waals surface area contributed by atoms with Gasteiger partial charge in [0.15, 0.2) is 11.5 Å². The zero-order valence-electron chi connectivity index (χ0n) is 32.9. The first-order valence-electron chi connectivity index (χ1n) is 19.4. The number of carboxylic acid groups (broad SMARTS) is 2. The largest absolute Gasteiger partial charge is 0.481 e. The highest BCUT2D eigenvalue weighted by Crippen LogP contribution is 2.40. The Morgan fingerprint density at radius 1 is 0.581 bits per heavy atom. The SMILES string of the molecule is Cc1ccc(-c2nc3ccc(Oc4c(Br)cc(CCCC(=O)O)cc4Br)cc3[nH]2)cc1.O=C(O)CCCc1cc(Br)c(Oc2ccc3nc(-c4ccc(F)cc4)[nH]c3c2)c(Br)c1. The minimum Gasteiger partial charge on any atom is -0.481 e. The smallest absolute Gasteiger partial charge is 0.303 e. The Morgan fingerprint density at radius 3 is 1.35 bits per heavy atom. The third-order valence-electron chi connectivity index (χ3n) is 9.62. The van der Waals surface area contributed by atoms with Gasteiger partial charge in [0.2, 0.25) is 0 Å². The van der Waals surface area contributed by atoms with E-state index in [0.29, 0.717) is 54.5 Å². The van der Waals surface area contributed by atoms with Crippen molar-refractivity contribution >= 4 is 97.7 Å². The number of carboxylic acids is 2. The van der Waals surface area contributed by atoms with E-state index in [0.717, 1.165) is 68.0 Å². The van der Waals surface area contributed by atoms with Crippen LogP contribution in [-0.2, 0) is 22.4 Å². The molecule has 10 nitrogen and oxygen atoms in total. The molecule has 4 N–H and O–H groups in total. The van der Waals surface area contributed by atoms with Crippen LogP contribution in [0.4, 0.5) is 4.39 Å². The second-order valence-electron chi connectivity index (χ2n) is 14.4. The lowest BCUT2D eigenvalue weighted by molar-refractivity contribution is -0.138. The Kier molecular flexibility index (Phi) is 14.6. The number of hydrogen-bond donors (Lipinski definition) is 4. The van der Waals surface area contributed by atoms with Crippen molar-refractivity contribution in [1.82, 2.24) is 19.9 Å². The molecule has 2 aromatic heterocycles. The average molecular weight is 1090 g/mol. The number of H-pyrrole nitrogens is 2. The summed E-state index contributed by atoms with van der Waals surface area (Å²) in [5.41, 5.74) is 8.43. The van der Waals surface area contributed by atoms with Crippen molar-refractivity contribution in [3.63, 3.8) is 0 Å².